The molecule has 0 heterocycles. The predicted molar refractivity (Wildman–Crippen MR) is 113 cm³/mol. The first-order valence-corrected chi connectivity index (χ1v) is 10.4. The summed E-state index contributed by atoms with van der Waals surface area (Å²) in [5.74, 6) is -0.265. The lowest BCUT2D eigenvalue weighted by atomic mass is 10.1. The number of anilines is 2. The highest BCUT2D eigenvalue weighted by atomic mass is 35.5. The van der Waals surface area contributed by atoms with E-state index in [1.54, 1.807) is 25.1 Å². The Balaban J connectivity index is 1.77. The molecule has 1 amide bonds. The second kappa shape index (κ2) is 8.04. The fraction of sp³-hybridized carbons (Fsp3) is 0.0952. The van der Waals surface area contributed by atoms with E-state index in [9.17, 15) is 13.2 Å². The number of hydrogen-bond donors (Lipinski definition) is 2. The van der Waals surface area contributed by atoms with Crippen LogP contribution in [0, 0.1) is 13.8 Å². The molecule has 0 saturated carbocycles. The highest BCUT2D eigenvalue weighted by Crippen LogP contribution is 2.22. The van der Waals surface area contributed by atoms with Crippen molar-refractivity contribution in [1.29, 1.82) is 0 Å². The predicted octanol–water partition coefficient (Wildman–Crippen LogP) is 5.01. The molecule has 0 aliphatic rings. The van der Waals surface area contributed by atoms with Gasteiger partial charge in [0, 0.05) is 16.3 Å². The number of carbonyl (C=O) groups is 1. The van der Waals surface area contributed by atoms with E-state index < -0.39 is 10.0 Å². The van der Waals surface area contributed by atoms with Crippen LogP contribution in [0.2, 0.25) is 5.02 Å². The van der Waals surface area contributed by atoms with Crippen molar-refractivity contribution >= 4 is 38.9 Å². The molecule has 0 spiro atoms. The van der Waals surface area contributed by atoms with Crippen LogP contribution >= 0.6 is 11.6 Å². The summed E-state index contributed by atoms with van der Waals surface area (Å²) in [6, 6.07) is 18.2. The molecule has 0 bridgehead atoms. The maximum absolute atomic E-state index is 12.5. The minimum Gasteiger partial charge on any atom is -0.322 e. The fourth-order valence-electron chi connectivity index (χ4n) is 2.58. The van der Waals surface area contributed by atoms with E-state index >= 15 is 0 Å². The van der Waals surface area contributed by atoms with Gasteiger partial charge in [0.2, 0.25) is 0 Å². The quantitative estimate of drug-likeness (QED) is 0.616. The molecular weight excluding hydrogens is 396 g/mol. The summed E-state index contributed by atoms with van der Waals surface area (Å²) in [5.41, 5.74) is 3.27. The Morgan fingerprint density at radius 1 is 0.893 bits per heavy atom. The van der Waals surface area contributed by atoms with E-state index in [0.29, 0.717) is 27.5 Å². The minimum atomic E-state index is -3.75. The molecular formula is C21H19ClN2O3S. The number of carbonyl (C=O) groups excluding carboxylic acids is 1. The van der Waals surface area contributed by atoms with Crippen LogP contribution in [0.1, 0.15) is 21.5 Å². The third kappa shape index (κ3) is 4.71. The van der Waals surface area contributed by atoms with E-state index in [1.165, 1.54) is 24.3 Å². The van der Waals surface area contributed by atoms with Crippen LogP contribution in [0.25, 0.3) is 0 Å². The monoisotopic (exact) mass is 414 g/mol. The number of benzene rings is 3. The van der Waals surface area contributed by atoms with E-state index in [4.69, 9.17) is 11.6 Å². The van der Waals surface area contributed by atoms with Crippen molar-refractivity contribution in [1.82, 2.24) is 0 Å². The van der Waals surface area contributed by atoms with E-state index in [2.05, 4.69) is 10.0 Å². The number of amides is 1. The van der Waals surface area contributed by atoms with Gasteiger partial charge in [0.25, 0.3) is 15.9 Å². The third-order valence-electron chi connectivity index (χ3n) is 4.17. The van der Waals surface area contributed by atoms with Crippen molar-refractivity contribution in [3.8, 4) is 0 Å². The summed E-state index contributed by atoms with van der Waals surface area (Å²) in [6.45, 7) is 3.71. The molecule has 0 aliphatic carbocycles. The zero-order valence-electron chi connectivity index (χ0n) is 15.4. The fourth-order valence-corrected chi connectivity index (χ4v) is 3.83. The van der Waals surface area contributed by atoms with Gasteiger partial charge in [-0.25, -0.2) is 8.42 Å². The second-order valence-corrected chi connectivity index (χ2v) is 8.53. The largest absolute Gasteiger partial charge is 0.322 e. The lowest BCUT2D eigenvalue weighted by Gasteiger charge is -2.12. The van der Waals surface area contributed by atoms with Crippen LogP contribution in [-0.4, -0.2) is 14.3 Å². The van der Waals surface area contributed by atoms with Gasteiger partial charge in [0.05, 0.1) is 10.6 Å². The number of nitrogens with one attached hydrogen (secondary N) is 2. The van der Waals surface area contributed by atoms with E-state index in [0.717, 1.165) is 5.56 Å². The smallest absolute Gasteiger partial charge is 0.261 e. The van der Waals surface area contributed by atoms with Gasteiger partial charge in [-0.1, -0.05) is 29.3 Å². The molecule has 144 valence electrons. The molecule has 5 nitrogen and oxygen atoms in total. The van der Waals surface area contributed by atoms with Gasteiger partial charge in [-0.15, -0.1) is 0 Å². The number of halogens is 1. The van der Waals surface area contributed by atoms with E-state index in [1.807, 2.05) is 31.2 Å². The summed E-state index contributed by atoms with van der Waals surface area (Å²) in [7, 11) is -3.75. The van der Waals surface area contributed by atoms with Crippen LogP contribution in [0.5, 0.6) is 0 Å². The van der Waals surface area contributed by atoms with Gasteiger partial charge in [0.1, 0.15) is 0 Å². The first kappa shape index (κ1) is 19.9. The number of aryl methyl sites for hydroxylation is 2. The standard InChI is InChI=1S/C21H19ClN2O3S/c1-14-3-8-18(9-4-14)23-21(25)16-5-12-20(15(2)13-16)24-28(26,27)19-10-6-17(22)7-11-19/h3-13,24H,1-2H3,(H,23,25). The van der Waals surface area contributed by atoms with Gasteiger partial charge in [-0.05, 0) is 74.0 Å². The van der Waals surface area contributed by atoms with Crippen LogP contribution < -0.4 is 10.0 Å². The lowest BCUT2D eigenvalue weighted by molar-refractivity contribution is 0.102. The average Bonchev–Trinajstić information content (AvgIpc) is 2.65. The first-order valence-electron chi connectivity index (χ1n) is 8.52. The Morgan fingerprint density at radius 2 is 1.54 bits per heavy atom. The Kier molecular flexibility index (Phi) is 5.72. The molecule has 28 heavy (non-hydrogen) atoms. The zero-order chi connectivity index (χ0) is 20.3. The van der Waals surface area contributed by atoms with E-state index in [-0.39, 0.29) is 10.8 Å². The maximum atomic E-state index is 12.5. The Morgan fingerprint density at radius 3 is 2.14 bits per heavy atom. The number of rotatable bonds is 5. The van der Waals surface area contributed by atoms with Crippen LogP contribution in [-0.2, 0) is 10.0 Å². The molecule has 0 aromatic heterocycles. The molecule has 0 radical (unpaired) electrons. The minimum absolute atomic E-state index is 0.109. The molecule has 0 atom stereocenters. The summed E-state index contributed by atoms with van der Waals surface area (Å²) in [6.07, 6.45) is 0. The molecule has 0 saturated heterocycles. The molecule has 0 unspecified atom stereocenters. The molecule has 3 aromatic rings. The molecule has 7 heteroatoms. The number of hydrogen-bond acceptors (Lipinski definition) is 3. The van der Waals surface area contributed by atoms with Crippen molar-refractivity contribution in [3.63, 3.8) is 0 Å². The second-order valence-electron chi connectivity index (χ2n) is 6.41. The van der Waals surface area contributed by atoms with Crippen LogP contribution in [0.3, 0.4) is 0 Å². The zero-order valence-corrected chi connectivity index (χ0v) is 16.9. The summed E-state index contributed by atoms with van der Waals surface area (Å²) >= 11 is 5.81. The van der Waals surface area contributed by atoms with Gasteiger partial charge < -0.3 is 5.32 Å². The topological polar surface area (TPSA) is 75.3 Å². The van der Waals surface area contributed by atoms with Gasteiger partial charge in [-0.3, -0.25) is 9.52 Å². The highest BCUT2D eigenvalue weighted by molar-refractivity contribution is 7.92. The normalized spacial score (nSPS) is 11.1. The lowest BCUT2D eigenvalue weighted by Crippen LogP contribution is -2.15. The molecule has 3 rings (SSSR count). The third-order valence-corrected chi connectivity index (χ3v) is 5.80. The maximum Gasteiger partial charge on any atom is 0.261 e. The number of sulfonamides is 1. The van der Waals surface area contributed by atoms with Crippen molar-refractivity contribution in [3.05, 3.63) is 88.4 Å². The SMILES string of the molecule is Cc1ccc(NC(=O)c2ccc(NS(=O)(=O)c3ccc(Cl)cc3)c(C)c2)cc1. The van der Waals surface area contributed by atoms with Crippen LogP contribution in [0.4, 0.5) is 11.4 Å². The molecule has 0 fully saturated rings. The molecule has 2 N–H and O–H groups in total. The van der Waals surface area contributed by atoms with Crippen LogP contribution in [0.15, 0.2) is 71.6 Å². The average molecular weight is 415 g/mol. The van der Waals surface area contributed by atoms with Gasteiger partial charge >= 0.3 is 0 Å². The van der Waals surface area contributed by atoms with Crippen molar-refractivity contribution < 1.29 is 13.2 Å². The summed E-state index contributed by atoms with van der Waals surface area (Å²) in [5, 5.41) is 3.28. The van der Waals surface area contributed by atoms with Crippen molar-refractivity contribution in [2.45, 2.75) is 18.7 Å². The summed E-state index contributed by atoms with van der Waals surface area (Å²) in [4.78, 5) is 12.5. The molecule has 3 aromatic carbocycles. The Bertz CT molecular complexity index is 1110. The summed E-state index contributed by atoms with van der Waals surface area (Å²) < 4.78 is 27.6. The van der Waals surface area contributed by atoms with Gasteiger partial charge in [-0.2, -0.15) is 0 Å². The Hall–Kier alpha value is -2.83. The van der Waals surface area contributed by atoms with Crippen molar-refractivity contribution in [2.24, 2.45) is 0 Å². The van der Waals surface area contributed by atoms with Crippen molar-refractivity contribution in [2.75, 3.05) is 10.0 Å². The first-order chi connectivity index (χ1) is 13.2. The Labute approximate surface area is 169 Å². The van der Waals surface area contributed by atoms with Gasteiger partial charge in [0.15, 0.2) is 0 Å². The molecule has 0 aliphatic heterocycles. The highest BCUT2D eigenvalue weighted by Gasteiger charge is 2.16.